The first-order valence-corrected chi connectivity index (χ1v) is 11.1. The van der Waals surface area contributed by atoms with Crippen LogP contribution in [-0.2, 0) is 9.59 Å². The lowest BCUT2D eigenvalue weighted by Gasteiger charge is -2.28. The van der Waals surface area contributed by atoms with Gasteiger partial charge < -0.3 is 25.2 Å². The maximum Gasteiger partial charge on any atom is 0.326 e. The first kappa shape index (κ1) is 27.9. The first-order chi connectivity index (χ1) is 15.2. The number of carbonyl (C=O) groups is 4. The highest BCUT2D eigenvalue weighted by Crippen LogP contribution is 2.24. The van der Waals surface area contributed by atoms with Crippen molar-refractivity contribution in [1.82, 2.24) is 10.2 Å². The highest BCUT2D eigenvalue weighted by Gasteiger charge is 2.29. The van der Waals surface area contributed by atoms with E-state index in [9.17, 15) is 29.4 Å². The molecule has 1 aromatic carbocycles. The zero-order valence-corrected chi connectivity index (χ0v) is 20.4. The van der Waals surface area contributed by atoms with Crippen molar-refractivity contribution in [2.75, 3.05) is 6.54 Å². The molecule has 0 saturated carbocycles. The summed E-state index contributed by atoms with van der Waals surface area (Å²) in [4.78, 5) is 50.4. The van der Waals surface area contributed by atoms with Gasteiger partial charge in [-0.15, -0.1) is 0 Å². The van der Waals surface area contributed by atoms with Gasteiger partial charge in [-0.2, -0.15) is 0 Å². The van der Waals surface area contributed by atoms with Gasteiger partial charge in [-0.05, 0) is 57.2 Å². The average Bonchev–Trinajstić information content (AvgIpc) is 2.69. The van der Waals surface area contributed by atoms with E-state index in [1.165, 1.54) is 30.0 Å². The van der Waals surface area contributed by atoms with E-state index in [2.05, 4.69) is 5.32 Å². The van der Waals surface area contributed by atoms with Crippen molar-refractivity contribution in [3.8, 4) is 5.75 Å². The molecule has 0 aliphatic carbocycles. The Morgan fingerprint density at radius 2 is 1.55 bits per heavy atom. The van der Waals surface area contributed by atoms with Gasteiger partial charge in [-0.3, -0.25) is 9.59 Å². The van der Waals surface area contributed by atoms with Crippen molar-refractivity contribution < 1.29 is 34.1 Å². The van der Waals surface area contributed by atoms with E-state index in [1.807, 2.05) is 27.7 Å². The molecule has 2 amide bonds. The number of hydrogen-bond acceptors (Lipinski definition) is 5. The van der Waals surface area contributed by atoms with Crippen molar-refractivity contribution in [3.05, 3.63) is 29.3 Å². The topological polar surface area (TPSA) is 133 Å². The van der Waals surface area contributed by atoms with Gasteiger partial charge in [-0.25, -0.2) is 9.59 Å². The molecule has 0 radical (unpaired) electrons. The second kappa shape index (κ2) is 12.2. The lowest BCUT2D eigenvalue weighted by atomic mass is 10.0. The van der Waals surface area contributed by atoms with Crippen LogP contribution in [0.3, 0.4) is 0 Å². The lowest BCUT2D eigenvalue weighted by Crippen LogP contribution is -2.45. The number of benzene rings is 1. The average molecular weight is 465 g/mol. The minimum absolute atomic E-state index is 0.0427. The largest absolute Gasteiger partial charge is 0.490 e. The third kappa shape index (κ3) is 8.40. The minimum atomic E-state index is -1.14. The third-order valence-corrected chi connectivity index (χ3v) is 4.79. The van der Waals surface area contributed by atoms with E-state index < -0.39 is 35.8 Å². The number of rotatable bonds is 12. The maximum absolute atomic E-state index is 13.2. The monoisotopic (exact) mass is 464 g/mol. The number of nitrogens with zero attached hydrogens (tertiary/aromatic N) is 1. The molecule has 0 aromatic heterocycles. The number of hydrogen-bond donors (Lipinski definition) is 3. The van der Waals surface area contributed by atoms with Gasteiger partial charge in [0.1, 0.15) is 17.8 Å². The van der Waals surface area contributed by atoms with Crippen LogP contribution in [0.2, 0.25) is 0 Å². The molecule has 33 heavy (non-hydrogen) atoms. The van der Waals surface area contributed by atoms with Crippen LogP contribution in [0, 0.1) is 11.8 Å². The molecule has 1 rings (SSSR count). The molecule has 1 aromatic rings. The molecule has 0 unspecified atom stereocenters. The molecule has 0 spiro atoms. The molecule has 0 heterocycles. The van der Waals surface area contributed by atoms with Crippen LogP contribution in [0.5, 0.6) is 5.75 Å². The Labute approximate surface area is 195 Å². The predicted octanol–water partition coefficient (Wildman–Crippen LogP) is 3.27. The van der Waals surface area contributed by atoms with E-state index in [0.717, 1.165) is 0 Å². The molecule has 0 bridgehead atoms. The van der Waals surface area contributed by atoms with Gasteiger partial charge in [-0.1, -0.05) is 27.7 Å². The summed E-state index contributed by atoms with van der Waals surface area (Å²) in [6.07, 6.45) is -0.0625. The van der Waals surface area contributed by atoms with Crippen LogP contribution in [0.15, 0.2) is 18.2 Å². The molecule has 9 nitrogen and oxygen atoms in total. The molecule has 0 fully saturated rings. The molecule has 0 saturated heterocycles. The van der Waals surface area contributed by atoms with Crippen LogP contribution in [0.25, 0.3) is 0 Å². The second-order valence-electron chi connectivity index (χ2n) is 9.24. The summed E-state index contributed by atoms with van der Waals surface area (Å²) < 4.78 is 5.75. The SMILES string of the molecule is CC(C)C[C@H](NC(=O)c1ccc(C(=O)N(CC(C)C)[C@@H](C)C(=O)O)cc1OC(C)C)C(=O)O. The molecular formula is C24H36N2O7. The minimum Gasteiger partial charge on any atom is -0.490 e. The number of carboxylic acids is 2. The van der Waals surface area contributed by atoms with E-state index >= 15 is 0 Å². The van der Waals surface area contributed by atoms with Gasteiger partial charge in [0.2, 0.25) is 0 Å². The Hall–Kier alpha value is -3.10. The van der Waals surface area contributed by atoms with Crippen LogP contribution in [-0.4, -0.2) is 63.6 Å². The van der Waals surface area contributed by atoms with Crippen molar-refractivity contribution >= 4 is 23.8 Å². The maximum atomic E-state index is 13.2. The number of carbonyl (C=O) groups excluding carboxylic acids is 2. The summed E-state index contributed by atoms with van der Waals surface area (Å²) in [5.74, 6) is -3.17. The zero-order chi connectivity index (χ0) is 25.5. The number of ether oxygens (including phenoxy) is 1. The van der Waals surface area contributed by atoms with Crippen molar-refractivity contribution in [2.24, 2.45) is 11.8 Å². The summed E-state index contributed by atoms with van der Waals surface area (Å²) >= 11 is 0. The Bertz CT molecular complexity index is 864. The summed E-state index contributed by atoms with van der Waals surface area (Å²) in [7, 11) is 0. The fourth-order valence-electron chi connectivity index (χ4n) is 3.23. The fraction of sp³-hybridized carbons (Fsp3) is 0.583. The third-order valence-electron chi connectivity index (χ3n) is 4.79. The summed E-state index contributed by atoms with van der Waals surface area (Å²) in [6.45, 7) is 12.7. The fourth-order valence-corrected chi connectivity index (χ4v) is 3.23. The molecule has 184 valence electrons. The summed E-state index contributed by atoms with van der Waals surface area (Å²) in [6, 6.07) is 2.11. The van der Waals surface area contributed by atoms with Crippen molar-refractivity contribution in [3.63, 3.8) is 0 Å². The van der Waals surface area contributed by atoms with Crippen LogP contribution < -0.4 is 10.1 Å². The summed E-state index contributed by atoms with van der Waals surface area (Å²) in [5, 5.41) is 21.4. The van der Waals surface area contributed by atoms with Gasteiger partial charge in [0.25, 0.3) is 11.8 Å². The van der Waals surface area contributed by atoms with Crippen LogP contribution in [0.4, 0.5) is 0 Å². The molecule has 9 heteroatoms. The number of nitrogens with one attached hydrogen (secondary N) is 1. The Kier molecular flexibility index (Phi) is 10.3. The van der Waals surface area contributed by atoms with Gasteiger partial charge in [0.05, 0.1) is 11.7 Å². The smallest absolute Gasteiger partial charge is 0.326 e. The quantitative estimate of drug-likeness (QED) is 0.432. The van der Waals surface area contributed by atoms with E-state index in [1.54, 1.807) is 13.8 Å². The molecule has 0 aliphatic rings. The van der Waals surface area contributed by atoms with E-state index in [4.69, 9.17) is 4.74 Å². The number of aliphatic carboxylic acids is 2. The molecule has 2 atom stereocenters. The van der Waals surface area contributed by atoms with Gasteiger partial charge in [0.15, 0.2) is 0 Å². The molecule has 0 aliphatic heterocycles. The normalized spacial score (nSPS) is 13.0. The highest BCUT2D eigenvalue weighted by atomic mass is 16.5. The standard InChI is InChI=1S/C24H36N2O7/c1-13(2)10-19(24(31)32)25-21(27)18-9-8-17(11-20(18)33-15(5)6)22(28)26(12-14(3)4)16(7)23(29)30/h8-9,11,13-16,19H,10,12H2,1-7H3,(H,25,27)(H,29,30)(H,31,32)/t16-,19-/m0/s1. The van der Waals surface area contributed by atoms with Crippen molar-refractivity contribution in [1.29, 1.82) is 0 Å². The predicted molar refractivity (Wildman–Crippen MR) is 124 cm³/mol. The second-order valence-corrected chi connectivity index (χ2v) is 9.24. The molecular weight excluding hydrogens is 428 g/mol. The number of amides is 2. The zero-order valence-electron chi connectivity index (χ0n) is 20.4. The number of carboxylic acid groups (broad SMARTS) is 2. The Balaban J connectivity index is 3.35. The Morgan fingerprint density at radius 3 is 2.00 bits per heavy atom. The highest BCUT2D eigenvalue weighted by molar-refractivity contribution is 6.02. The van der Waals surface area contributed by atoms with Gasteiger partial charge in [0, 0.05) is 12.1 Å². The van der Waals surface area contributed by atoms with Gasteiger partial charge >= 0.3 is 11.9 Å². The first-order valence-electron chi connectivity index (χ1n) is 11.1. The Morgan fingerprint density at radius 1 is 0.939 bits per heavy atom. The summed E-state index contributed by atoms with van der Waals surface area (Å²) in [5.41, 5.74) is 0.268. The van der Waals surface area contributed by atoms with Crippen LogP contribution in [0.1, 0.15) is 75.6 Å². The van der Waals surface area contributed by atoms with E-state index in [0.29, 0.717) is 0 Å². The lowest BCUT2D eigenvalue weighted by molar-refractivity contribution is -0.142. The van der Waals surface area contributed by atoms with Crippen molar-refractivity contribution in [2.45, 2.75) is 73.1 Å². The molecule has 3 N–H and O–H groups in total. The van der Waals surface area contributed by atoms with E-state index in [-0.39, 0.29) is 47.8 Å². The van der Waals surface area contributed by atoms with Crippen LogP contribution >= 0.6 is 0 Å².